The lowest BCUT2D eigenvalue weighted by molar-refractivity contribution is -0.160. The van der Waals surface area contributed by atoms with E-state index >= 15 is 0 Å². The Morgan fingerprint density at radius 3 is 2.14 bits per heavy atom. The van der Waals surface area contributed by atoms with E-state index in [0.29, 0.717) is 10.6 Å². The zero-order valence-corrected chi connectivity index (χ0v) is 17.2. The number of hydrogen-bond acceptors (Lipinski definition) is 5. The van der Waals surface area contributed by atoms with Crippen molar-refractivity contribution in [3.05, 3.63) is 34.9 Å². The number of esters is 1. The topological polar surface area (TPSA) is 80.8 Å². The summed E-state index contributed by atoms with van der Waals surface area (Å²) in [5.41, 5.74) is 0.378. The van der Waals surface area contributed by atoms with Gasteiger partial charge in [0.15, 0.2) is 12.4 Å². The molecule has 0 aromatic heterocycles. The summed E-state index contributed by atoms with van der Waals surface area (Å²) in [6, 6.07) is 5.29. The van der Waals surface area contributed by atoms with Gasteiger partial charge in [0.05, 0.1) is 11.8 Å². The first-order chi connectivity index (χ1) is 13.8. The Bertz CT molecular complexity index is 836. The van der Waals surface area contributed by atoms with Crippen molar-refractivity contribution in [1.82, 2.24) is 4.90 Å². The Labute approximate surface area is 174 Å². The molecule has 0 N–H and O–H groups in total. The van der Waals surface area contributed by atoms with E-state index < -0.39 is 18.6 Å². The monoisotopic (exact) mass is 417 g/mol. The fourth-order valence-electron chi connectivity index (χ4n) is 5.32. The molecule has 1 aliphatic heterocycles. The highest BCUT2D eigenvalue weighted by molar-refractivity contribution is 6.30. The molecule has 1 saturated heterocycles. The van der Waals surface area contributed by atoms with Gasteiger partial charge in [-0.25, -0.2) is 4.79 Å². The van der Waals surface area contributed by atoms with Crippen LogP contribution in [0.15, 0.2) is 24.3 Å². The highest BCUT2D eigenvalue weighted by Crippen LogP contribution is 2.56. The number of imide groups is 1. The molecular weight excluding hydrogens is 394 g/mol. The molecule has 3 fully saturated rings. The molecule has 2 bridgehead atoms. The zero-order chi connectivity index (χ0) is 20.9. The van der Waals surface area contributed by atoms with E-state index in [-0.39, 0.29) is 47.2 Å². The third-order valence-electron chi connectivity index (χ3n) is 6.62. The second-order valence-electron chi connectivity index (χ2n) is 8.66. The fraction of sp³-hybridized carbons (Fsp3) is 0.545. The normalized spacial score (nSPS) is 28.8. The molecule has 0 radical (unpaired) electrons. The summed E-state index contributed by atoms with van der Waals surface area (Å²) < 4.78 is 5.24. The number of amides is 2. The minimum Gasteiger partial charge on any atom is -0.456 e. The van der Waals surface area contributed by atoms with Gasteiger partial charge in [-0.2, -0.15) is 0 Å². The van der Waals surface area contributed by atoms with Crippen LogP contribution in [0, 0.1) is 29.6 Å². The standard InChI is InChI=1S/C22H24ClNO5/c1-11(2)19(22(28)29-10-16(25)12-5-7-15(23)8-6-12)24-20(26)17-13-3-4-14(9-13)18(17)21(24)27/h5-8,11,13-14,17-19H,3-4,9-10H2,1-2H3/t13-,14+,17-,18+,19-/m0/s1. The summed E-state index contributed by atoms with van der Waals surface area (Å²) in [4.78, 5) is 52.3. The molecule has 29 heavy (non-hydrogen) atoms. The maximum Gasteiger partial charge on any atom is 0.330 e. The molecule has 3 aliphatic rings. The number of ether oxygens (including phenoxy) is 1. The number of likely N-dealkylation sites (tertiary alicyclic amines) is 1. The SMILES string of the molecule is CC(C)[C@@H](C(=O)OCC(=O)c1ccc(Cl)cc1)N1C(=O)[C@@H]2[C@@H]3CC[C@@H](C3)[C@@H]2C1=O. The second kappa shape index (κ2) is 7.56. The van der Waals surface area contributed by atoms with E-state index in [1.54, 1.807) is 38.1 Å². The van der Waals surface area contributed by atoms with Crippen molar-refractivity contribution in [2.45, 2.75) is 39.2 Å². The molecule has 2 saturated carbocycles. The first kappa shape index (κ1) is 20.1. The van der Waals surface area contributed by atoms with Gasteiger partial charge in [-0.1, -0.05) is 25.4 Å². The Kier molecular flexibility index (Phi) is 5.23. The number of nitrogens with zero attached hydrogens (tertiary/aromatic N) is 1. The van der Waals surface area contributed by atoms with Gasteiger partial charge in [-0.05, 0) is 61.3 Å². The van der Waals surface area contributed by atoms with Gasteiger partial charge in [0, 0.05) is 10.6 Å². The van der Waals surface area contributed by atoms with Crippen LogP contribution in [0.5, 0.6) is 0 Å². The number of hydrogen-bond donors (Lipinski definition) is 0. The van der Waals surface area contributed by atoms with Crippen LogP contribution < -0.4 is 0 Å². The number of fused-ring (bicyclic) bond motifs is 5. The number of Topliss-reactive ketones (excluding diaryl/α,β-unsaturated/α-hetero) is 1. The van der Waals surface area contributed by atoms with Gasteiger partial charge in [0.2, 0.25) is 11.8 Å². The van der Waals surface area contributed by atoms with Gasteiger partial charge >= 0.3 is 5.97 Å². The van der Waals surface area contributed by atoms with Crippen molar-refractivity contribution < 1.29 is 23.9 Å². The number of carbonyl (C=O) groups is 4. The Hall–Kier alpha value is -2.21. The molecule has 154 valence electrons. The van der Waals surface area contributed by atoms with Crippen LogP contribution in [0.4, 0.5) is 0 Å². The Balaban J connectivity index is 1.47. The van der Waals surface area contributed by atoms with Crippen molar-refractivity contribution in [1.29, 1.82) is 0 Å². The molecule has 0 spiro atoms. The summed E-state index contributed by atoms with van der Waals surface area (Å²) in [7, 11) is 0. The van der Waals surface area contributed by atoms with E-state index in [1.165, 1.54) is 0 Å². The lowest BCUT2D eigenvalue weighted by atomic mass is 9.81. The number of rotatable bonds is 6. The lowest BCUT2D eigenvalue weighted by Gasteiger charge is -2.28. The number of carbonyl (C=O) groups excluding carboxylic acids is 4. The van der Waals surface area contributed by atoms with Crippen molar-refractivity contribution >= 4 is 35.2 Å². The van der Waals surface area contributed by atoms with Gasteiger partial charge in [0.25, 0.3) is 0 Å². The molecule has 1 aromatic carbocycles. The molecule has 1 aromatic rings. The highest BCUT2D eigenvalue weighted by atomic mass is 35.5. The van der Waals surface area contributed by atoms with Crippen LogP contribution in [0.1, 0.15) is 43.5 Å². The van der Waals surface area contributed by atoms with Crippen LogP contribution in [0.2, 0.25) is 5.02 Å². The van der Waals surface area contributed by atoms with Gasteiger partial charge in [-0.3, -0.25) is 19.3 Å². The van der Waals surface area contributed by atoms with Crippen molar-refractivity contribution in [2.75, 3.05) is 6.61 Å². The Morgan fingerprint density at radius 2 is 1.62 bits per heavy atom. The zero-order valence-electron chi connectivity index (χ0n) is 16.5. The number of halogens is 1. The van der Waals surface area contributed by atoms with Crippen molar-refractivity contribution in [3.63, 3.8) is 0 Å². The molecule has 5 atom stereocenters. The van der Waals surface area contributed by atoms with Crippen LogP contribution >= 0.6 is 11.6 Å². The van der Waals surface area contributed by atoms with Crippen molar-refractivity contribution in [2.24, 2.45) is 29.6 Å². The molecule has 7 heteroatoms. The average molecular weight is 418 g/mol. The van der Waals surface area contributed by atoms with E-state index in [1.807, 2.05) is 0 Å². The largest absolute Gasteiger partial charge is 0.456 e. The number of ketones is 1. The lowest BCUT2D eigenvalue weighted by Crippen LogP contribution is -2.50. The third kappa shape index (κ3) is 3.37. The van der Waals surface area contributed by atoms with E-state index in [4.69, 9.17) is 16.3 Å². The van der Waals surface area contributed by atoms with E-state index in [9.17, 15) is 19.2 Å². The smallest absolute Gasteiger partial charge is 0.330 e. The van der Waals surface area contributed by atoms with E-state index in [2.05, 4.69) is 0 Å². The van der Waals surface area contributed by atoms with Crippen LogP contribution in [-0.2, 0) is 19.1 Å². The minimum atomic E-state index is -1.00. The molecular formula is C22H24ClNO5. The Morgan fingerprint density at radius 1 is 1.07 bits per heavy atom. The summed E-state index contributed by atoms with van der Waals surface area (Å²) >= 11 is 5.82. The maximum absolute atomic E-state index is 13.0. The van der Waals surface area contributed by atoms with Gasteiger partial charge in [0.1, 0.15) is 6.04 Å². The molecule has 4 rings (SSSR count). The average Bonchev–Trinajstić information content (AvgIpc) is 3.36. The van der Waals surface area contributed by atoms with Crippen LogP contribution in [-0.4, -0.2) is 41.1 Å². The van der Waals surface area contributed by atoms with Gasteiger partial charge in [-0.15, -0.1) is 0 Å². The predicted molar refractivity (Wildman–Crippen MR) is 105 cm³/mol. The summed E-state index contributed by atoms with van der Waals surface area (Å²) in [6.07, 6.45) is 2.89. The molecule has 6 nitrogen and oxygen atoms in total. The molecule has 2 amide bonds. The first-order valence-corrected chi connectivity index (χ1v) is 10.5. The number of benzene rings is 1. The summed E-state index contributed by atoms with van der Waals surface area (Å²) in [5.74, 6) is -1.94. The van der Waals surface area contributed by atoms with Gasteiger partial charge < -0.3 is 4.74 Å². The predicted octanol–water partition coefficient (Wildman–Crippen LogP) is 3.12. The van der Waals surface area contributed by atoms with Crippen molar-refractivity contribution in [3.8, 4) is 0 Å². The fourth-order valence-corrected chi connectivity index (χ4v) is 5.45. The molecule has 2 aliphatic carbocycles. The first-order valence-electron chi connectivity index (χ1n) is 10.1. The third-order valence-corrected chi connectivity index (χ3v) is 6.88. The summed E-state index contributed by atoms with van der Waals surface area (Å²) in [6.45, 7) is 3.10. The van der Waals surface area contributed by atoms with Crippen LogP contribution in [0.25, 0.3) is 0 Å². The summed E-state index contributed by atoms with van der Waals surface area (Å²) in [5, 5.41) is 0.504. The molecule has 0 unspecified atom stereocenters. The quantitative estimate of drug-likeness (QED) is 0.403. The molecule has 1 heterocycles. The maximum atomic E-state index is 13.0. The second-order valence-corrected chi connectivity index (χ2v) is 9.09. The highest BCUT2D eigenvalue weighted by Gasteiger charge is 2.62. The minimum absolute atomic E-state index is 0.244. The van der Waals surface area contributed by atoms with E-state index in [0.717, 1.165) is 24.2 Å². The van der Waals surface area contributed by atoms with Crippen LogP contribution in [0.3, 0.4) is 0 Å².